The highest BCUT2D eigenvalue weighted by Crippen LogP contribution is 2.17. The van der Waals surface area contributed by atoms with Crippen LogP contribution in [0.5, 0.6) is 11.5 Å². The molecule has 1 N–H and O–H groups in total. The lowest BCUT2D eigenvalue weighted by Crippen LogP contribution is -2.11. The van der Waals surface area contributed by atoms with E-state index in [2.05, 4.69) is 35.3 Å². The number of hydrogen-bond acceptors (Lipinski definition) is 3. The van der Waals surface area contributed by atoms with Crippen molar-refractivity contribution < 1.29 is 9.47 Å². The van der Waals surface area contributed by atoms with E-state index in [0.717, 1.165) is 18.0 Å². The van der Waals surface area contributed by atoms with Gasteiger partial charge >= 0.3 is 0 Å². The zero-order valence-corrected chi connectivity index (χ0v) is 12.3. The highest BCUT2D eigenvalue weighted by atomic mass is 16.5. The first kappa shape index (κ1) is 14.5. The first-order valence-electron chi connectivity index (χ1n) is 6.82. The van der Waals surface area contributed by atoms with Gasteiger partial charge in [0.05, 0.1) is 13.7 Å². The summed E-state index contributed by atoms with van der Waals surface area (Å²) in [6.07, 6.45) is 4.24. The molecule has 1 unspecified atom stereocenters. The molecule has 0 aliphatic carbocycles. The van der Waals surface area contributed by atoms with Crippen molar-refractivity contribution in [3.63, 3.8) is 0 Å². The molecule has 1 heterocycles. The molecule has 1 aromatic heterocycles. The Kier molecular flexibility index (Phi) is 5.07. The number of benzene rings is 1. The van der Waals surface area contributed by atoms with Gasteiger partial charge in [-0.05, 0) is 49.9 Å². The topological polar surface area (TPSA) is 35.4 Å². The number of methoxy groups -OCH3 is 1. The van der Waals surface area contributed by atoms with Crippen LogP contribution in [0.25, 0.3) is 0 Å². The lowest BCUT2D eigenvalue weighted by molar-refractivity contribution is 0.298. The van der Waals surface area contributed by atoms with Crippen molar-refractivity contribution in [3.8, 4) is 11.5 Å². The van der Waals surface area contributed by atoms with Gasteiger partial charge in [0.15, 0.2) is 0 Å². The predicted molar refractivity (Wildman–Crippen MR) is 80.4 cm³/mol. The summed E-state index contributed by atoms with van der Waals surface area (Å²) in [5, 5.41) is 3.23. The summed E-state index contributed by atoms with van der Waals surface area (Å²) in [7, 11) is 3.63. The molecule has 0 aliphatic rings. The monoisotopic (exact) mass is 274 g/mol. The van der Waals surface area contributed by atoms with Crippen LogP contribution in [0.15, 0.2) is 42.7 Å². The van der Waals surface area contributed by atoms with Crippen LogP contribution >= 0.6 is 0 Å². The fourth-order valence-corrected chi connectivity index (χ4v) is 1.96. The van der Waals surface area contributed by atoms with E-state index in [1.54, 1.807) is 7.11 Å². The van der Waals surface area contributed by atoms with E-state index in [-0.39, 0.29) is 0 Å². The summed E-state index contributed by atoms with van der Waals surface area (Å²) in [4.78, 5) is 0. The van der Waals surface area contributed by atoms with Gasteiger partial charge in [0.25, 0.3) is 0 Å². The second-order valence-corrected chi connectivity index (χ2v) is 4.72. The van der Waals surface area contributed by atoms with Gasteiger partial charge in [-0.25, -0.2) is 0 Å². The van der Waals surface area contributed by atoms with Crippen molar-refractivity contribution in [2.24, 2.45) is 0 Å². The molecule has 0 aliphatic heterocycles. The van der Waals surface area contributed by atoms with Crippen molar-refractivity contribution in [3.05, 3.63) is 48.3 Å². The van der Waals surface area contributed by atoms with Crippen LogP contribution in [0.1, 0.15) is 18.5 Å². The van der Waals surface area contributed by atoms with E-state index in [1.807, 2.05) is 31.3 Å². The van der Waals surface area contributed by atoms with Crippen LogP contribution in [0, 0.1) is 0 Å². The summed E-state index contributed by atoms with van der Waals surface area (Å²) in [5.41, 5.74) is 1.29. The van der Waals surface area contributed by atoms with E-state index in [0.29, 0.717) is 12.6 Å². The Morgan fingerprint density at radius 1 is 1.15 bits per heavy atom. The summed E-state index contributed by atoms with van der Waals surface area (Å²) in [6, 6.07) is 10.1. The third kappa shape index (κ3) is 3.78. The number of nitrogens with zero attached hydrogens (tertiary/aromatic N) is 1. The molecule has 1 aromatic carbocycles. The largest absolute Gasteiger partial charge is 0.497 e. The third-order valence-electron chi connectivity index (χ3n) is 3.38. The molecule has 0 bridgehead atoms. The number of nitrogens with one attached hydrogen (secondary N) is 1. The number of ether oxygens (including phenoxy) is 2. The molecule has 0 spiro atoms. The zero-order valence-electron chi connectivity index (χ0n) is 12.3. The molecule has 4 nitrogen and oxygen atoms in total. The fourth-order valence-electron chi connectivity index (χ4n) is 1.96. The molecular weight excluding hydrogens is 252 g/mol. The van der Waals surface area contributed by atoms with Gasteiger partial charge < -0.3 is 19.4 Å². The first-order chi connectivity index (χ1) is 9.72. The Labute approximate surface area is 120 Å². The Morgan fingerprint density at radius 3 is 2.50 bits per heavy atom. The van der Waals surface area contributed by atoms with Gasteiger partial charge in [-0.3, -0.25) is 0 Å². The van der Waals surface area contributed by atoms with E-state index in [9.17, 15) is 0 Å². The highest BCUT2D eigenvalue weighted by Gasteiger charge is 2.04. The van der Waals surface area contributed by atoms with E-state index < -0.39 is 0 Å². The van der Waals surface area contributed by atoms with Gasteiger partial charge in [0.2, 0.25) is 0 Å². The quantitative estimate of drug-likeness (QED) is 0.843. The molecule has 0 saturated heterocycles. The Morgan fingerprint density at radius 2 is 1.85 bits per heavy atom. The van der Waals surface area contributed by atoms with Crippen LogP contribution in [-0.4, -0.2) is 25.3 Å². The average Bonchev–Trinajstić information content (AvgIpc) is 2.96. The van der Waals surface area contributed by atoms with Gasteiger partial charge in [-0.2, -0.15) is 0 Å². The fraction of sp³-hybridized carbons (Fsp3) is 0.375. The zero-order chi connectivity index (χ0) is 14.4. The van der Waals surface area contributed by atoms with E-state index in [4.69, 9.17) is 9.47 Å². The molecule has 4 heteroatoms. The van der Waals surface area contributed by atoms with Gasteiger partial charge in [-0.1, -0.05) is 0 Å². The van der Waals surface area contributed by atoms with Crippen LogP contribution in [-0.2, 0) is 6.54 Å². The third-order valence-corrected chi connectivity index (χ3v) is 3.38. The summed E-state index contributed by atoms with van der Waals surface area (Å²) >= 11 is 0. The molecular formula is C16H22N2O2. The van der Waals surface area contributed by atoms with Crippen molar-refractivity contribution in [1.29, 1.82) is 0 Å². The smallest absolute Gasteiger partial charge is 0.119 e. The predicted octanol–water partition coefficient (Wildman–Crippen LogP) is 2.86. The van der Waals surface area contributed by atoms with Gasteiger partial charge in [0.1, 0.15) is 18.1 Å². The average molecular weight is 274 g/mol. The lowest BCUT2D eigenvalue weighted by Gasteiger charge is -2.09. The van der Waals surface area contributed by atoms with Gasteiger partial charge in [-0.15, -0.1) is 0 Å². The molecule has 1 atom stereocenters. The molecule has 20 heavy (non-hydrogen) atoms. The summed E-state index contributed by atoms with van der Waals surface area (Å²) in [6.45, 7) is 3.63. The van der Waals surface area contributed by atoms with Crippen molar-refractivity contribution >= 4 is 0 Å². The SMILES string of the molecule is CNC(C)c1ccn(CCOc2ccc(OC)cc2)c1. The Hall–Kier alpha value is -1.94. The maximum Gasteiger partial charge on any atom is 0.119 e. The second kappa shape index (κ2) is 7.01. The Balaban J connectivity index is 1.81. The molecule has 0 saturated carbocycles. The summed E-state index contributed by atoms with van der Waals surface area (Å²) < 4.78 is 13.0. The molecule has 2 rings (SSSR count). The van der Waals surface area contributed by atoms with Gasteiger partial charge in [0, 0.05) is 18.4 Å². The first-order valence-corrected chi connectivity index (χ1v) is 6.82. The van der Waals surface area contributed by atoms with E-state index in [1.165, 1.54) is 5.56 Å². The summed E-state index contributed by atoms with van der Waals surface area (Å²) in [5.74, 6) is 1.70. The van der Waals surface area contributed by atoms with Crippen molar-refractivity contribution in [2.45, 2.75) is 19.5 Å². The second-order valence-electron chi connectivity index (χ2n) is 4.72. The van der Waals surface area contributed by atoms with E-state index >= 15 is 0 Å². The highest BCUT2D eigenvalue weighted by molar-refractivity contribution is 5.31. The molecule has 108 valence electrons. The normalized spacial score (nSPS) is 12.2. The number of hydrogen-bond donors (Lipinski definition) is 1. The number of rotatable bonds is 7. The van der Waals surface area contributed by atoms with Crippen LogP contribution in [0.2, 0.25) is 0 Å². The van der Waals surface area contributed by atoms with Crippen LogP contribution in [0.3, 0.4) is 0 Å². The van der Waals surface area contributed by atoms with Crippen LogP contribution < -0.4 is 14.8 Å². The van der Waals surface area contributed by atoms with Crippen LogP contribution in [0.4, 0.5) is 0 Å². The lowest BCUT2D eigenvalue weighted by atomic mass is 10.2. The van der Waals surface area contributed by atoms with Crippen molar-refractivity contribution in [2.75, 3.05) is 20.8 Å². The molecule has 2 aromatic rings. The van der Waals surface area contributed by atoms with Crippen molar-refractivity contribution in [1.82, 2.24) is 9.88 Å². The minimum Gasteiger partial charge on any atom is -0.497 e. The maximum absolute atomic E-state index is 5.71. The molecule has 0 radical (unpaired) electrons. The number of aromatic nitrogens is 1. The molecule has 0 fully saturated rings. The standard InChI is InChI=1S/C16H22N2O2/c1-13(17-2)14-8-9-18(12-14)10-11-20-16-6-4-15(19-3)5-7-16/h4-9,12-13,17H,10-11H2,1-3H3. The minimum absolute atomic E-state index is 0.374. The minimum atomic E-state index is 0.374. The molecule has 0 amide bonds. The maximum atomic E-state index is 5.71. The Bertz CT molecular complexity index is 520.